The van der Waals surface area contributed by atoms with Gasteiger partial charge in [-0.2, -0.15) is 0 Å². The van der Waals surface area contributed by atoms with Crippen LogP contribution < -0.4 is 10.1 Å². The van der Waals surface area contributed by atoms with E-state index in [1.54, 1.807) is 6.07 Å². The average Bonchev–Trinajstić information content (AvgIpc) is 2.62. The summed E-state index contributed by atoms with van der Waals surface area (Å²) in [5.74, 6) is -0.274. The van der Waals surface area contributed by atoms with E-state index >= 15 is 0 Å². The number of carbonyl (C=O) groups is 1. The van der Waals surface area contributed by atoms with Gasteiger partial charge in [0.15, 0.2) is 0 Å². The molecule has 0 bridgehead atoms. The van der Waals surface area contributed by atoms with Crippen LogP contribution in [0.1, 0.15) is 31.7 Å². The molecule has 152 valence electrons. The van der Waals surface area contributed by atoms with Crippen molar-refractivity contribution in [3.05, 3.63) is 23.8 Å². The van der Waals surface area contributed by atoms with Gasteiger partial charge in [-0.3, -0.25) is 4.79 Å². The maximum atomic E-state index is 11.7. The predicted molar refractivity (Wildman–Crippen MR) is 94.2 cm³/mol. The SMILES string of the molecule is CCNC(=O)CC(C)c1ccc(OC2O[C@H](CO)[C@@H](O)[C@H](O)[C@H]2O)cc1O. The molecular formula is C18H27NO8. The molecule has 2 rings (SSSR count). The van der Waals surface area contributed by atoms with Gasteiger partial charge >= 0.3 is 0 Å². The van der Waals surface area contributed by atoms with Gasteiger partial charge in [0.1, 0.15) is 35.9 Å². The maximum absolute atomic E-state index is 11.7. The van der Waals surface area contributed by atoms with Crippen LogP contribution in [0.2, 0.25) is 0 Å². The van der Waals surface area contributed by atoms with Gasteiger partial charge in [0.2, 0.25) is 12.2 Å². The number of hydrogen-bond acceptors (Lipinski definition) is 8. The fraction of sp³-hybridized carbons (Fsp3) is 0.611. The Labute approximate surface area is 157 Å². The Hall–Kier alpha value is -1.91. The molecule has 0 saturated carbocycles. The van der Waals surface area contributed by atoms with E-state index in [1.807, 2.05) is 13.8 Å². The van der Waals surface area contributed by atoms with Crippen LogP contribution in [0.15, 0.2) is 18.2 Å². The van der Waals surface area contributed by atoms with Gasteiger partial charge in [0, 0.05) is 19.0 Å². The standard InChI is InChI=1S/C18H27NO8/c1-3-19-14(22)6-9(2)11-5-4-10(7-12(11)21)26-18-17(25)16(24)15(23)13(8-20)27-18/h4-5,7,9,13,15-18,20-21,23-25H,3,6,8H2,1-2H3,(H,19,22)/t9?,13-,15-,16+,17-,18?/m1/s1. The van der Waals surface area contributed by atoms with Crippen molar-refractivity contribution in [2.75, 3.05) is 13.2 Å². The number of hydrogen-bond donors (Lipinski definition) is 6. The number of nitrogens with one attached hydrogen (secondary N) is 1. The minimum atomic E-state index is -1.55. The van der Waals surface area contributed by atoms with Gasteiger partial charge < -0.3 is 40.3 Å². The van der Waals surface area contributed by atoms with Gasteiger partial charge in [-0.1, -0.05) is 13.0 Å². The lowest BCUT2D eigenvalue weighted by Crippen LogP contribution is -2.60. The summed E-state index contributed by atoms with van der Waals surface area (Å²) in [5.41, 5.74) is 0.558. The third-order valence-corrected chi connectivity index (χ3v) is 4.50. The normalized spacial score (nSPS) is 29.2. The summed E-state index contributed by atoms with van der Waals surface area (Å²) in [5, 5.41) is 51.7. The minimum Gasteiger partial charge on any atom is -0.508 e. The summed E-state index contributed by atoms with van der Waals surface area (Å²) in [6, 6.07) is 4.44. The summed E-state index contributed by atoms with van der Waals surface area (Å²) in [6.45, 7) is 3.60. The van der Waals surface area contributed by atoms with Gasteiger partial charge in [-0.15, -0.1) is 0 Å². The lowest BCUT2D eigenvalue weighted by Gasteiger charge is -2.39. The van der Waals surface area contributed by atoms with E-state index in [2.05, 4.69) is 5.32 Å². The topological polar surface area (TPSA) is 149 Å². The van der Waals surface area contributed by atoms with Crippen LogP contribution in [-0.4, -0.2) is 75.3 Å². The molecule has 6 atom stereocenters. The van der Waals surface area contributed by atoms with Crippen molar-refractivity contribution in [3.63, 3.8) is 0 Å². The highest BCUT2D eigenvalue weighted by atomic mass is 16.7. The molecule has 1 aliphatic heterocycles. The number of carbonyl (C=O) groups excluding carboxylic acids is 1. The van der Waals surface area contributed by atoms with E-state index in [0.717, 1.165) is 0 Å². The summed E-state index contributed by atoms with van der Waals surface area (Å²) in [7, 11) is 0. The highest BCUT2D eigenvalue weighted by molar-refractivity contribution is 5.76. The molecule has 27 heavy (non-hydrogen) atoms. The fourth-order valence-corrected chi connectivity index (χ4v) is 2.97. The zero-order valence-corrected chi connectivity index (χ0v) is 15.3. The van der Waals surface area contributed by atoms with E-state index in [0.29, 0.717) is 12.1 Å². The van der Waals surface area contributed by atoms with Crippen LogP contribution in [-0.2, 0) is 9.53 Å². The van der Waals surface area contributed by atoms with Crippen molar-refractivity contribution in [3.8, 4) is 11.5 Å². The Morgan fingerprint density at radius 1 is 1.26 bits per heavy atom. The van der Waals surface area contributed by atoms with Crippen LogP contribution in [0.25, 0.3) is 0 Å². The van der Waals surface area contributed by atoms with Crippen molar-refractivity contribution in [2.24, 2.45) is 0 Å². The van der Waals surface area contributed by atoms with E-state index < -0.39 is 37.3 Å². The number of phenols is 1. The number of benzene rings is 1. The zero-order valence-electron chi connectivity index (χ0n) is 15.3. The Bertz CT molecular complexity index is 638. The van der Waals surface area contributed by atoms with Crippen LogP contribution in [0.4, 0.5) is 0 Å². The van der Waals surface area contributed by atoms with Gasteiger partial charge in [-0.25, -0.2) is 0 Å². The molecule has 2 unspecified atom stereocenters. The molecule has 1 heterocycles. The van der Waals surface area contributed by atoms with Crippen LogP contribution >= 0.6 is 0 Å². The third kappa shape index (κ3) is 5.08. The number of rotatable bonds is 7. The molecule has 1 aromatic carbocycles. The van der Waals surface area contributed by atoms with Crippen molar-refractivity contribution in [2.45, 2.75) is 56.9 Å². The molecule has 9 heteroatoms. The second-order valence-electron chi connectivity index (χ2n) is 6.59. The smallest absolute Gasteiger partial charge is 0.229 e. The zero-order chi connectivity index (χ0) is 20.1. The number of ether oxygens (including phenoxy) is 2. The summed E-state index contributed by atoms with van der Waals surface area (Å²) < 4.78 is 10.7. The first kappa shape index (κ1) is 21.4. The molecule has 1 fully saturated rings. The van der Waals surface area contributed by atoms with E-state index in [9.17, 15) is 30.3 Å². The lowest BCUT2D eigenvalue weighted by atomic mass is 9.96. The molecule has 9 nitrogen and oxygen atoms in total. The lowest BCUT2D eigenvalue weighted by molar-refractivity contribution is -0.277. The van der Waals surface area contributed by atoms with Crippen molar-refractivity contribution >= 4 is 5.91 Å². The van der Waals surface area contributed by atoms with Crippen molar-refractivity contribution < 1.29 is 39.8 Å². The molecule has 1 amide bonds. The molecule has 0 aliphatic carbocycles. The van der Waals surface area contributed by atoms with Crippen molar-refractivity contribution in [1.82, 2.24) is 5.32 Å². The van der Waals surface area contributed by atoms with E-state index in [4.69, 9.17) is 9.47 Å². The molecule has 0 aromatic heterocycles. The van der Waals surface area contributed by atoms with Crippen LogP contribution in [0.3, 0.4) is 0 Å². The molecular weight excluding hydrogens is 358 g/mol. The fourth-order valence-electron chi connectivity index (χ4n) is 2.97. The Balaban J connectivity index is 2.07. The number of aliphatic hydroxyl groups is 4. The Kier molecular flexibility index (Phi) is 7.40. The molecule has 1 saturated heterocycles. The summed E-state index contributed by atoms with van der Waals surface area (Å²) in [4.78, 5) is 11.7. The monoisotopic (exact) mass is 385 g/mol. The predicted octanol–water partition coefficient (Wildman–Crippen LogP) is -0.799. The summed E-state index contributed by atoms with van der Waals surface area (Å²) >= 11 is 0. The largest absolute Gasteiger partial charge is 0.508 e. The molecule has 0 spiro atoms. The number of phenolic OH excluding ortho intramolecular Hbond substituents is 1. The minimum absolute atomic E-state index is 0.0890. The average molecular weight is 385 g/mol. The highest BCUT2D eigenvalue weighted by Gasteiger charge is 2.44. The molecule has 6 N–H and O–H groups in total. The van der Waals surface area contributed by atoms with Crippen LogP contribution in [0, 0.1) is 0 Å². The molecule has 1 aromatic rings. The number of aromatic hydroxyl groups is 1. The summed E-state index contributed by atoms with van der Waals surface area (Å²) in [6.07, 6.45) is -6.77. The second-order valence-corrected chi connectivity index (χ2v) is 6.59. The Morgan fingerprint density at radius 3 is 2.56 bits per heavy atom. The first-order chi connectivity index (χ1) is 12.8. The number of aliphatic hydroxyl groups excluding tert-OH is 4. The van der Waals surface area contributed by atoms with Crippen molar-refractivity contribution in [1.29, 1.82) is 0 Å². The first-order valence-corrected chi connectivity index (χ1v) is 8.85. The quantitative estimate of drug-likeness (QED) is 0.357. The Morgan fingerprint density at radius 2 is 1.96 bits per heavy atom. The first-order valence-electron chi connectivity index (χ1n) is 8.85. The second kappa shape index (κ2) is 9.34. The number of amides is 1. The van der Waals surface area contributed by atoms with E-state index in [-0.39, 0.29) is 29.7 Å². The van der Waals surface area contributed by atoms with Crippen LogP contribution in [0.5, 0.6) is 11.5 Å². The molecule has 0 radical (unpaired) electrons. The van der Waals surface area contributed by atoms with Gasteiger partial charge in [-0.05, 0) is 24.5 Å². The van der Waals surface area contributed by atoms with Gasteiger partial charge in [0.25, 0.3) is 0 Å². The van der Waals surface area contributed by atoms with Gasteiger partial charge in [0.05, 0.1) is 6.61 Å². The molecule has 1 aliphatic rings. The third-order valence-electron chi connectivity index (χ3n) is 4.50. The van der Waals surface area contributed by atoms with E-state index in [1.165, 1.54) is 12.1 Å². The highest BCUT2D eigenvalue weighted by Crippen LogP contribution is 2.33. The maximum Gasteiger partial charge on any atom is 0.229 e.